The Balaban J connectivity index is 2.01. The van der Waals surface area contributed by atoms with Gasteiger partial charge in [-0.25, -0.2) is 0 Å². The maximum absolute atomic E-state index is 11.2. The predicted octanol–water partition coefficient (Wildman–Crippen LogP) is 0.627. The molecule has 1 heterocycles. The molecule has 12 heavy (non-hydrogen) atoms. The van der Waals surface area contributed by atoms with E-state index in [0.29, 0.717) is 12.6 Å². The van der Waals surface area contributed by atoms with Crippen LogP contribution in [0.3, 0.4) is 0 Å². The third kappa shape index (κ3) is 1.74. The molecular formula is C9H12N2O. The molecule has 0 aliphatic heterocycles. The molecule has 0 amide bonds. The molecule has 1 fully saturated rings. The van der Waals surface area contributed by atoms with Crippen LogP contribution in [-0.2, 0) is 6.54 Å². The largest absolute Gasteiger partial charge is 0.367 e. The molecule has 1 saturated carbocycles. The van der Waals surface area contributed by atoms with E-state index in [0.717, 1.165) is 5.56 Å². The predicted molar refractivity (Wildman–Crippen MR) is 46.9 cm³/mol. The van der Waals surface area contributed by atoms with Crippen molar-refractivity contribution in [2.24, 2.45) is 0 Å². The van der Waals surface area contributed by atoms with Gasteiger partial charge in [0.25, 0.3) is 0 Å². The third-order valence-electron chi connectivity index (χ3n) is 2.06. The monoisotopic (exact) mass is 164 g/mol. The fourth-order valence-electron chi connectivity index (χ4n) is 1.13. The van der Waals surface area contributed by atoms with Gasteiger partial charge in [0.05, 0.1) is 0 Å². The molecular weight excluding hydrogens is 152 g/mol. The van der Waals surface area contributed by atoms with Gasteiger partial charge < -0.3 is 10.3 Å². The van der Waals surface area contributed by atoms with Crippen LogP contribution in [0.5, 0.6) is 0 Å². The zero-order chi connectivity index (χ0) is 8.39. The maximum atomic E-state index is 11.2. The number of nitrogens with one attached hydrogen (secondary N) is 2. The van der Waals surface area contributed by atoms with Gasteiger partial charge in [0.1, 0.15) is 0 Å². The normalized spacial score (nSPS) is 16.3. The van der Waals surface area contributed by atoms with Gasteiger partial charge in [-0.2, -0.15) is 0 Å². The van der Waals surface area contributed by atoms with Crippen LogP contribution < -0.4 is 10.7 Å². The first-order valence-corrected chi connectivity index (χ1v) is 4.25. The van der Waals surface area contributed by atoms with Crippen molar-refractivity contribution in [3.05, 3.63) is 34.2 Å². The van der Waals surface area contributed by atoms with Crippen LogP contribution in [0.4, 0.5) is 0 Å². The van der Waals surface area contributed by atoms with E-state index in [9.17, 15) is 4.79 Å². The summed E-state index contributed by atoms with van der Waals surface area (Å²) in [5.41, 5.74) is 0.936. The van der Waals surface area contributed by atoms with Gasteiger partial charge in [-0.1, -0.05) is 0 Å². The maximum Gasteiger partial charge on any atom is 0.186 e. The summed E-state index contributed by atoms with van der Waals surface area (Å²) in [6.07, 6.45) is 5.93. The third-order valence-corrected chi connectivity index (χ3v) is 2.06. The van der Waals surface area contributed by atoms with Crippen molar-refractivity contribution in [1.29, 1.82) is 0 Å². The van der Waals surface area contributed by atoms with Crippen LogP contribution >= 0.6 is 0 Å². The molecule has 1 aromatic heterocycles. The van der Waals surface area contributed by atoms with Gasteiger partial charge in [-0.3, -0.25) is 4.79 Å². The van der Waals surface area contributed by atoms with E-state index in [-0.39, 0.29) is 5.43 Å². The Bertz CT molecular complexity index is 314. The van der Waals surface area contributed by atoms with Gasteiger partial charge in [0.15, 0.2) is 5.43 Å². The van der Waals surface area contributed by atoms with Crippen LogP contribution in [-0.4, -0.2) is 11.0 Å². The summed E-state index contributed by atoms with van der Waals surface area (Å²) in [6, 6.07) is 2.22. The zero-order valence-corrected chi connectivity index (χ0v) is 6.84. The number of aromatic amines is 1. The summed E-state index contributed by atoms with van der Waals surface area (Å²) >= 11 is 0. The first-order chi connectivity index (χ1) is 5.86. The average Bonchev–Trinajstić information content (AvgIpc) is 2.86. The number of aromatic nitrogens is 1. The lowest BCUT2D eigenvalue weighted by molar-refractivity contribution is 0.683. The van der Waals surface area contributed by atoms with Crippen LogP contribution in [0.15, 0.2) is 23.3 Å². The highest BCUT2D eigenvalue weighted by atomic mass is 16.1. The van der Waals surface area contributed by atoms with E-state index < -0.39 is 0 Å². The highest BCUT2D eigenvalue weighted by Crippen LogP contribution is 2.18. The Morgan fingerprint density at radius 2 is 2.42 bits per heavy atom. The van der Waals surface area contributed by atoms with E-state index in [4.69, 9.17) is 0 Å². The van der Waals surface area contributed by atoms with Crippen molar-refractivity contribution in [3.8, 4) is 0 Å². The number of rotatable bonds is 3. The summed E-state index contributed by atoms with van der Waals surface area (Å²) in [5, 5.41) is 3.29. The minimum absolute atomic E-state index is 0.113. The molecule has 0 bridgehead atoms. The fraction of sp³-hybridized carbons (Fsp3) is 0.444. The standard InChI is InChI=1S/C9H12N2O/c12-9-3-4-10-5-7(9)6-11-8-1-2-8/h3-5,8,11H,1-2,6H2,(H,10,12). The molecule has 3 nitrogen and oxygen atoms in total. The number of H-pyrrole nitrogens is 1. The molecule has 0 saturated heterocycles. The van der Waals surface area contributed by atoms with Crippen molar-refractivity contribution in [2.75, 3.05) is 0 Å². The highest BCUT2D eigenvalue weighted by molar-refractivity contribution is 5.09. The molecule has 0 unspecified atom stereocenters. The molecule has 1 aliphatic rings. The Hall–Kier alpha value is -1.09. The molecule has 3 heteroatoms. The Labute approximate surface area is 70.8 Å². The van der Waals surface area contributed by atoms with Crippen molar-refractivity contribution in [1.82, 2.24) is 10.3 Å². The second kappa shape index (κ2) is 3.11. The van der Waals surface area contributed by atoms with Gasteiger partial charge in [-0.05, 0) is 12.8 Å². The zero-order valence-electron chi connectivity index (χ0n) is 6.84. The lowest BCUT2D eigenvalue weighted by atomic mass is 10.3. The van der Waals surface area contributed by atoms with Gasteiger partial charge in [0, 0.05) is 36.6 Å². The van der Waals surface area contributed by atoms with E-state index >= 15 is 0 Å². The SMILES string of the molecule is O=c1cc[nH]cc1CNC1CC1. The molecule has 0 spiro atoms. The summed E-state index contributed by atoms with van der Waals surface area (Å²) < 4.78 is 0. The van der Waals surface area contributed by atoms with Gasteiger partial charge in [0.2, 0.25) is 0 Å². The average molecular weight is 164 g/mol. The quantitative estimate of drug-likeness (QED) is 0.688. The Morgan fingerprint density at radius 3 is 3.08 bits per heavy atom. The molecule has 1 aromatic rings. The fourth-order valence-corrected chi connectivity index (χ4v) is 1.13. The number of pyridine rings is 1. The Morgan fingerprint density at radius 1 is 1.58 bits per heavy atom. The van der Waals surface area contributed by atoms with E-state index in [1.165, 1.54) is 12.8 Å². The molecule has 0 aromatic carbocycles. The van der Waals surface area contributed by atoms with E-state index in [2.05, 4.69) is 10.3 Å². The highest BCUT2D eigenvalue weighted by Gasteiger charge is 2.20. The topological polar surface area (TPSA) is 44.9 Å². The number of hydrogen-bond donors (Lipinski definition) is 2. The molecule has 0 radical (unpaired) electrons. The molecule has 1 aliphatic carbocycles. The Kier molecular flexibility index (Phi) is 1.96. The second-order valence-electron chi connectivity index (χ2n) is 3.19. The summed E-state index contributed by atoms with van der Waals surface area (Å²) in [5.74, 6) is 0. The van der Waals surface area contributed by atoms with E-state index in [1.54, 1.807) is 18.5 Å². The smallest absolute Gasteiger partial charge is 0.186 e. The molecule has 2 N–H and O–H groups in total. The first-order valence-electron chi connectivity index (χ1n) is 4.25. The van der Waals surface area contributed by atoms with Gasteiger partial charge >= 0.3 is 0 Å². The molecule has 0 atom stereocenters. The lowest BCUT2D eigenvalue weighted by Crippen LogP contribution is -2.20. The minimum atomic E-state index is 0.113. The van der Waals surface area contributed by atoms with Crippen molar-refractivity contribution in [2.45, 2.75) is 25.4 Å². The van der Waals surface area contributed by atoms with Crippen molar-refractivity contribution >= 4 is 0 Å². The second-order valence-corrected chi connectivity index (χ2v) is 3.19. The molecule has 2 rings (SSSR count). The van der Waals surface area contributed by atoms with Crippen molar-refractivity contribution < 1.29 is 0 Å². The van der Waals surface area contributed by atoms with Crippen LogP contribution in [0.2, 0.25) is 0 Å². The lowest BCUT2D eigenvalue weighted by Gasteiger charge is -2.00. The van der Waals surface area contributed by atoms with Crippen LogP contribution in [0.1, 0.15) is 18.4 Å². The summed E-state index contributed by atoms with van der Waals surface area (Å²) in [4.78, 5) is 14.1. The first kappa shape index (κ1) is 7.55. The van der Waals surface area contributed by atoms with E-state index in [1.807, 2.05) is 0 Å². The van der Waals surface area contributed by atoms with Gasteiger partial charge in [-0.15, -0.1) is 0 Å². The van der Waals surface area contributed by atoms with Crippen LogP contribution in [0.25, 0.3) is 0 Å². The summed E-state index contributed by atoms with van der Waals surface area (Å²) in [7, 11) is 0. The number of hydrogen-bond acceptors (Lipinski definition) is 2. The van der Waals surface area contributed by atoms with Crippen LogP contribution in [0, 0.1) is 0 Å². The minimum Gasteiger partial charge on any atom is -0.367 e. The molecule has 64 valence electrons. The van der Waals surface area contributed by atoms with Crippen molar-refractivity contribution in [3.63, 3.8) is 0 Å². The summed E-state index contributed by atoms with van der Waals surface area (Å²) in [6.45, 7) is 0.695.